The number of pyridine rings is 2. The number of nitrogens with zero attached hydrogens (tertiary/aromatic N) is 4. The van der Waals surface area contributed by atoms with E-state index in [1.54, 1.807) is 12.4 Å². The highest BCUT2D eigenvalue weighted by Crippen LogP contribution is 2.08. The fraction of sp³-hybridized carbons (Fsp3) is 0.235. The van der Waals surface area contributed by atoms with Crippen molar-refractivity contribution in [1.29, 1.82) is 0 Å². The Morgan fingerprint density at radius 3 is 1.86 bits per heavy atom. The molecule has 2 rings (SSSR count). The predicted molar refractivity (Wildman–Crippen MR) is 86.4 cm³/mol. The summed E-state index contributed by atoms with van der Waals surface area (Å²) >= 11 is 0. The Kier molecular flexibility index (Phi) is 5.32. The molecular weight excluding hydrogens is 260 g/mol. The molecule has 0 N–H and O–H groups in total. The molecule has 0 atom stereocenters. The van der Waals surface area contributed by atoms with Crippen molar-refractivity contribution in [3.05, 3.63) is 66.1 Å². The predicted octanol–water partition coefficient (Wildman–Crippen LogP) is 3.69. The molecule has 0 saturated carbocycles. The van der Waals surface area contributed by atoms with Crippen molar-refractivity contribution in [3.63, 3.8) is 0 Å². The SMILES string of the molecule is C[C](C)C/C(C)=N\N=C(c1ccccn1)c1ccccn1. The quantitative estimate of drug-likeness (QED) is 0.619. The van der Waals surface area contributed by atoms with Crippen molar-refractivity contribution in [2.75, 3.05) is 0 Å². The Balaban J connectivity index is 2.38. The van der Waals surface area contributed by atoms with Gasteiger partial charge in [-0.25, -0.2) is 0 Å². The van der Waals surface area contributed by atoms with Crippen LogP contribution in [0.1, 0.15) is 38.6 Å². The molecule has 21 heavy (non-hydrogen) atoms. The largest absolute Gasteiger partial charge is 0.254 e. The molecule has 0 unspecified atom stereocenters. The van der Waals surface area contributed by atoms with Crippen molar-refractivity contribution in [2.45, 2.75) is 27.2 Å². The van der Waals surface area contributed by atoms with Gasteiger partial charge >= 0.3 is 0 Å². The normalized spacial score (nSPS) is 11.5. The molecule has 0 bridgehead atoms. The van der Waals surface area contributed by atoms with Crippen LogP contribution in [0.25, 0.3) is 0 Å². The molecular formula is C17H19N4. The van der Waals surface area contributed by atoms with E-state index in [9.17, 15) is 0 Å². The molecule has 1 radical (unpaired) electrons. The first-order chi connectivity index (χ1) is 10.2. The summed E-state index contributed by atoms with van der Waals surface area (Å²) in [5.41, 5.74) is 3.19. The molecule has 4 heteroatoms. The van der Waals surface area contributed by atoms with Gasteiger partial charge in [-0.1, -0.05) is 26.0 Å². The van der Waals surface area contributed by atoms with Gasteiger partial charge in [-0.05, 0) is 43.5 Å². The van der Waals surface area contributed by atoms with Crippen LogP contribution in [0.5, 0.6) is 0 Å². The van der Waals surface area contributed by atoms with Gasteiger partial charge in [-0.3, -0.25) is 9.97 Å². The average Bonchev–Trinajstić information content (AvgIpc) is 2.49. The van der Waals surface area contributed by atoms with Gasteiger partial charge in [0, 0.05) is 18.1 Å². The summed E-state index contributed by atoms with van der Waals surface area (Å²) in [6, 6.07) is 11.4. The number of hydrogen-bond acceptors (Lipinski definition) is 4. The minimum atomic E-state index is 0.685. The monoisotopic (exact) mass is 279 g/mol. The second-order valence-corrected chi connectivity index (χ2v) is 5.10. The summed E-state index contributed by atoms with van der Waals surface area (Å²) in [6.45, 7) is 6.15. The summed E-state index contributed by atoms with van der Waals surface area (Å²) in [7, 11) is 0. The van der Waals surface area contributed by atoms with E-state index >= 15 is 0 Å². The molecule has 0 amide bonds. The van der Waals surface area contributed by atoms with Gasteiger partial charge in [0.1, 0.15) is 5.71 Å². The highest BCUT2D eigenvalue weighted by Gasteiger charge is 2.09. The highest BCUT2D eigenvalue weighted by atomic mass is 15.2. The Bertz CT molecular complexity index is 574. The van der Waals surface area contributed by atoms with Crippen molar-refractivity contribution in [3.8, 4) is 0 Å². The van der Waals surface area contributed by atoms with Crippen molar-refractivity contribution in [1.82, 2.24) is 9.97 Å². The third-order valence-corrected chi connectivity index (χ3v) is 2.75. The molecule has 0 aliphatic carbocycles. The second kappa shape index (κ2) is 7.43. The first-order valence-electron chi connectivity index (χ1n) is 6.90. The fourth-order valence-electron chi connectivity index (χ4n) is 1.92. The van der Waals surface area contributed by atoms with Crippen molar-refractivity contribution in [2.24, 2.45) is 10.2 Å². The summed E-state index contributed by atoms with van der Waals surface area (Å²) in [4.78, 5) is 8.70. The lowest BCUT2D eigenvalue weighted by atomic mass is 10.1. The number of hydrogen-bond donors (Lipinski definition) is 0. The lowest BCUT2D eigenvalue weighted by molar-refractivity contribution is 1.00. The van der Waals surface area contributed by atoms with E-state index in [1.165, 1.54) is 5.92 Å². The zero-order chi connectivity index (χ0) is 15.1. The molecule has 0 fully saturated rings. The van der Waals surface area contributed by atoms with Crippen LogP contribution in [0.4, 0.5) is 0 Å². The average molecular weight is 279 g/mol. The van der Waals surface area contributed by atoms with Gasteiger partial charge in [0.15, 0.2) is 0 Å². The first-order valence-corrected chi connectivity index (χ1v) is 6.90. The lowest BCUT2D eigenvalue weighted by Gasteiger charge is -2.04. The van der Waals surface area contributed by atoms with E-state index in [4.69, 9.17) is 0 Å². The molecule has 0 aliphatic heterocycles. The maximum Gasteiger partial charge on any atom is 0.137 e. The lowest BCUT2D eigenvalue weighted by Crippen LogP contribution is -2.07. The summed E-state index contributed by atoms with van der Waals surface area (Å²) in [5.74, 6) is 1.31. The number of rotatable bonds is 5. The molecule has 4 nitrogen and oxygen atoms in total. The van der Waals surface area contributed by atoms with Gasteiger partial charge in [0.25, 0.3) is 0 Å². The van der Waals surface area contributed by atoms with Crippen molar-refractivity contribution < 1.29 is 0 Å². The minimum absolute atomic E-state index is 0.685. The van der Waals surface area contributed by atoms with Crippen LogP contribution in [0, 0.1) is 5.92 Å². The van der Waals surface area contributed by atoms with Gasteiger partial charge in [-0.2, -0.15) is 5.10 Å². The van der Waals surface area contributed by atoms with E-state index in [1.807, 2.05) is 43.3 Å². The Hall–Kier alpha value is -2.36. The maximum atomic E-state index is 4.38. The van der Waals surface area contributed by atoms with E-state index in [0.29, 0.717) is 5.71 Å². The third-order valence-electron chi connectivity index (χ3n) is 2.75. The highest BCUT2D eigenvalue weighted by molar-refractivity contribution is 6.10. The van der Waals surface area contributed by atoms with Crippen LogP contribution in [0.2, 0.25) is 0 Å². The van der Waals surface area contributed by atoms with Crippen LogP contribution in [-0.4, -0.2) is 21.4 Å². The standard InChI is InChI=1S/C17H19N4/c1-13(2)12-14(3)20-21-17(15-8-4-6-10-18-15)16-9-5-7-11-19-16/h4-11H,12H2,1-3H3/b20-14-. The van der Waals surface area contributed by atoms with Crippen LogP contribution in [-0.2, 0) is 0 Å². The Morgan fingerprint density at radius 1 is 0.857 bits per heavy atom. The van der Waals surface area contributed by atoms with Crippen LogP contribution >= 0.6 is 0 Å². The first kappa shape index (κ1) is 15.0. The van der Waals surface area contributed by atoms with Gasteiger partial charge in [0.2, 0.25) is 0 Å². The zero-order valence-electron chi connectivity index (χ0n) is 12.6. The van der Waals surface area contributed by atoms with Crippen LogP contribution in [0.3, 0.4) is 0 Å². The maximum absolute atomic E-state index is 4.38. The van der Waals surface area contributed by atoms with Crippen LogP contribution < -0.4 is 0 Å². The molecule has 107 valence electrons. The van der Waals surface area contributed by atoms with E-state index in [2.05, 4.69) is 34.0 Å². The van der Waals surface area contributed by atoms with Crippen molar-refractivity contribution >= 4 is 11.4 Å². The van der Waals surface area contributed by atoms with Crippen LogP contribution in [0.15, 0.2) is 59.0 Å². The topological polar surface area (TPSA) is 50.5 Å². The number of aromatic nitrogens is 2. The fourth-order valence-corrected chi connectivity index (χ4v) is 1.92. The molecule has 0 spiro atoms. The minimum Gasteiger partial charge on any atom is -0.254 e. The molecule has 0 aliphatic rings. The summed E-state index contributed by atoms with van der Waals surface area (Å²) in [6.07, 6.45) is 4.34. The zero-order valence-corrected chi connectivity index (χ0v) is 12.6. The molecule has 0 aromatic carbocycles. The van der Waals surface area contributed by atoms with Gasteiger partial charge in [-0.15, -0.1) is 5.10 Å². The molecule has 2 aromatic heterocycles. The van der Waals surface area contributed by atoms with E-state index in [-0.39, 0.29) is 0 Å². The molecule has 0 saturated heterocycles. The summed E-state index contributed by atoms with van der Waals surface area (Å²) < 4.78 is 0. The molecule has 2 aromatic rings. The van der Waals surface area contributed by atoms with Gasteiger partial charge < -0.3 is 0 Å². The van der Waals surface area contributed by atoms with Gasteiger partial charge in [0.05, 0.1) is 11.4 Å². The Labute approximate surface area is 125 Å². The van der Waals surface area contributed by atoms with E-state index in [0.717, 1.165) is 23.5 Å². The second-order valence-electron chi connectivity index (χ2n) is 5.10. The smallest absolute Gasteiger partial charge is 0.137 e. The van der Waals surface area contributed by atoms with E-state index < -0.39 is 0 Å². The third kappa shape index (κ3) is 4.60. The molecule has 2 heterocycles. The Morgan fingerprint density at radius 2 is 1.43 bits per heavy atom. The summed E-state index contributed by atoms with van der Waals surface area (Å²) in [5, 5.41) is 8.70.